The summed E-state index contributed by atoms with van der Waals surface area (Å²) in [6, 6.07) is 13.3. The standard InChI is InChI=1S/C20H19ClN4O2S/c1-24(20(26)18-7-8-19(21)28-18)13-16-11-17(23-27-16)15-5-3-14(4-6-15)12-22-25-9-2-10-25/h3-8,11-12H,2,9-10,13H2,1H3. The molecule has 8 heteroatoms. The molecule has 6 nitrogen and oxygen atoms in total. The normalized spacial score (nSPS) is 13.7. The lowest BCUT2D eigenvalue weighted by Crippen LogP contribution is -2.32. The number of nitrogens with zero attached hydrogens (tertiary/aromatic N) is 4. The summed E-state index contributed by atoms with van der Waals surface area (Å²) < 4.78 is 6.01. The highest BCUT2D eigenvalue weighted by Gasteiger charge is 2.17. The van der Waals surface area contributed by atoms with E-state index >= 15 is 0 Å². The Hall–Kier alpha value is -2.64. The van der Waals surface area contributed by atoms with Gasteiger partial charge in [0.2, 0.25) is 0 Å². The first kappa shape index (κ1) is 18.7. The summed E-state index contributed by atoms with van der Waals surface area (Å²) in [7, 11) is 1.73. The molecule has 1 saturated heterocycles. The molecule has 1 fully saturated rings. The molecule has 0 spiro atoms. The third-order valence-electron chi connectivity index (χ3n) is 4.49. The van der Waals surface area contributed by atoms with Crippen LogP contribution in [0.15, 0.2) is 52.1 Å². The topological polar surface area (TPSA) is 61.9 Å². The number of aromatic nitrogens is 1. The van der Waals surface area contributed by atoms with Crippen molar-refractivity contribution in [2.45, 2.75) is 13.0 Å². The van der Waals surface area contributed by atoms with Gasteiger partial charge in [-0.1, -0.05) is 41.0 Å². The summed E-state index contributed by atoms with van der Waals surface area (Å²) >= 11 is 7.17. The van der Waals surface area contributed by atoms with Crippen LogP contribution in [0.4, 0.5) is 0 Å². The third-order valence-corrected chi connectivity index (χ3v) is 5.71. The zero-order chi connectivity index (χ0) is 19.5. The fourth-order valence-electron chi connectivity index (χ4n) is 2.75. The van der Waals surface area contributed by atoms with Crippen molar-refractivity contribution in [1.29, 1.82) is 0 Å². The molecule has 4 rings (SSSR count). The van der Waals surface area contributed by atoms with Crippen molar-refractivity contribution in [3.8, 4) is 11.3 Å². The summed E-state index contributed by atoms with van der Waals surface area (Å²) in [5.41, 5.74) is 2.73. The van der Waals surface area contributed by atoms with Crippen LogP contribution in [0.25, 0.3) is 11.3 Å². The molecule has 28 heavy (non-hydrogen) atoms. The molecular formula is C20H19ClN4O2S. The molecule has 1 aromatic carbocycles. The summed E-state index contributed by atoms with van der Waals surface area (Å²) in [4.78, 5) is 14.6. The van der Waals surface area contributed by atoms with E-state index in [-0.39, 0.29) is 5.91 Å². The van der Waals surface area contributed by atoms with Gasteiger partial charge >= 0.3 is 0 Å². The van der Waals surface area contributed by atoms with Gasteiger partial charge in [-0.2, -0.15) is 5.10 Å². The summed E-state index contributed by atoms with van der Waals surface area (Å²) in [6.45, 7) is 2.40. The van der Waals surface area contributed by atoms with E-state index in [4.69, 9.17) is 16.1 Å². The number of amides is 1. The molecule has 0 bridgehead atoms. The number of hydrogen-bond acceptors (Lipinski definition) is 6. The average Bonchev–Trinajstić information content (AvgIpc) is 3.29. The second-order valence-electron chi connectivity index (χ2n) is 6.62. The molecule has 0 aliphatic carbocycles. The minimum atomic E-state index is -0.0966. The van der Waals surface area contributed by atoms with Crippen molar-refractivity contribution < 1.29 is 9.32 Å². The van der Waals surface area contributed by atoms with E-state index in [9.17, 15) is 4.79 Å². The first-order valence-electron chi connectivity index (χ1n) is 8.94. The van der Waals surface area contributed by atoms with Crippen molar-refractivity contribution in [2.24, 2.45) is 5.10 Å². The number of halogens is 1. The second-order valence-corrected chi connectivity index (χ2v) is 8.33. The predicted octanol–water partition coefficient (Wildman–Crippen LogP) is 4.37. The molecule has 0 unspecified atom stereocenters. The van der Waals surface area contributed by atoms with Crippen molar-refractivity contribution in [2.75, 3.05) is 20.1 Å². The molecule has 0 saturated carbocycles. The van der Waals surface area contributed by atoms with Gasteiger partial charge < -0.3 is 9.42 Å². The first-order valence-corrected chi connectivity index (χ1v) is 10.1. The molecule has 144 valence electrons. The Kier molecular flexibility index (Phi) is 5.45. The first-order chi connectivity index (χ1) is 13.6. The highest BCUT2D eigenvalue weighted by Crippen LogP contribution is 2.24. The SMILES string of the molecule is CN(Cc1cc(-c2ccc(C=NN3CCC3)cc2)no1)C(=O)c1ccc(Cl)s1. The fourth-order valence-corrected chi connectivity index (χ4v) is 3.79. The number of rotatable bonds is 6. The third kappa shape index (κ3) is 4.26. The van der Waals surface area contributed by atoms with E-state index in [0.29, 0.717) is 21.5 Å². The lowest BCUT2D eigenvalue weighted by molar-refractivity contribution is 0.0777. The molecule has 3 aromatic rings. The number of thiophene rings is 1. The number of carbonyl (C=O) groups excluding carboxylic acids is 1. The number of benzene rings is 1. The Morgan fingerprint density at radius 2 is 2.11 bits per heavy atom. The molecule has 0 radical (unpaired) electrons. The van der Waals surface area contributed by atoms with Gasteiger partial charge in [-0.25, -0.2) is 0 Å². The zero-order valence-corrected chi connectivity index (χ0v) is 16.9. The number of carbonyl (C=O) groups is 1. The van der Waals surface area contributed by atoms with Gasteiger partial charge in [-0.3, -0.25) is 9.80 Å². The van der Waals surface area contributed by atoms with Crippen LogP contribution in [0, 0.1) is 0 Å². The molecular weight excluding hydrogens is 396 g/mol. The van der Waals surface area contributed by atoms with Crippen molar-refractivity contribution in [1.82, 2.24) is 15.1 Å². The van der Waals surface area contributed by atoms with Gasteiger partial charge in [0.25, 0.3) is 5.91 Å². The average molecular weight is 415 g/mol. The van der Waals surface area contributed by atoms with Gasteiger partial charge in [-0.05, 0) is 24.1 Å². The maximum atomic E-state index is 12.4. The minimum absolute atomic E-state index is 0.0966. The summed E-state index contributed by atoms with van der Waals surface area (Å²) in [6.07, 6.45) is 3.08. The van der Waals surface area contributed by atoms with Crippen molar-refractivity contribution >= 4 is 35.1 Å². The minimum Gasteiger partial charge on any atom is -0.359 e. The lowest BCUT2D eigenvalue weighted by Gasteiger charge is -2.27. The summed E-state index contributed by atoms with van der Waals surface area (Å²) in [5.74, 6) is 0.526. The Labute approximate surface area is 172 Å². The Bertz CT molecular complexity index is 992. The second kappa shape index (κ2) is 8.16. The lowest BCUT2D eigenvalue weighted by atomic mass is 10.1. The van der Waals surface area contributed by atoms with Crippen LogP contribution in [-0.2, 0) is 6.54 Å². The molecule has 0 atom stereocenters. The number of hydrogen-bond donors (Lipinski definition) is 0. The van der Waals surface area contributed by atoms with E-state index < -0.39 is 0 Å². The van der Waals surface area contributed by atoms with E-state index in [1.165, 1.54) is 17.8 Å². The van der Waals surface area contributed by atoms with Gasteiger partial charge in [0.1, 0.15) is 5.69 Å². The van der Waals surface area contributed by atoms with E-state index in [1.807, 2.05) is 41.6 Å². The highest BCUT2D eigenvalue weighted by atomic mass is 35.5. The highest BCUT2D eigenvalue weighted by molar-refractivity contribution is 7.17. The van der Waals surface area contributed by atoms with Crippen LogP contribution < -0.4 is 0 Å². The van der Waals surface area contributed by atoms with E-state index in [2.05, 4.69) is 10.3 Å². The largest absolute Gasteiger partial charge is 0.359 e. The van der Waals surface area contributed by atoms with Crippen molar-refractivity contribution in [3.05, 3.63) is 63.0 Å². The molecule has 0 N–H and O–H groups in total. The predicted molar refractivity (Wildman–Crippen MR) is 111 cm³/mol. The monoisotopic (exact) mass is 414 g/mol. The van der Waals surface area contributed by atoms with Crippen LogP contribution >= 0.6 is 22.9 Å². The summed E-state index contributed by atoms with van der Waals surface area (Å²) in [5, 5.41) is 10.6. The Balaban J connectivity index is 1.39. The smallest absolute Gasteiger partial charge is 0.264 e. The van der Waals surface area contributed by atoms with Gasteiger partial charge in [-0.15, -0.1) is 11.3 Å². The molecule has 3 heterocycles. The molecule has 1 aliphatic rings. The molecule has 1 aliphatic heterocycles. The van der Waals surface area contributed by atoms with Gasteiger partial charge in [0.15, 0.2) is 5.76 Å². The van der Waals surface area contributed by atoms with Crippen molar-refractivity contribution in [3.63, 3.8) is 0 Å². The molecule has 2 aromatic heterocycles. The Morgan fingerprint density at radius 3 is 2.75 bits per heavy atom. The van der Waals surface area contributed by atoms with Crippen LogP contribution in [0.2, 0.25) is 4.34 Å². The Morgan fingerprint density at radius 1 is 1.32 bits per heavy atom. The van der Waals surface area contributed by atoms with Crippen LogP contribution in [0.5, 0.6) is 0 Å². The fraction of sp³-hybridized carbons (Fsp3) is 0.250. The van der Waals surface area contributed by atoms with Crippen LogP contribution in [-0.4, -0.2) is 47.3 Å². The number of hydrazone groups is 1. The quantitative estimate of drug-likeness (QED) is 0.562. The zero-order valence-electron chi connectivity index (χ0n) is 15.3. The maximum Gasteiger partial charge on any atom is 0.264 e. The van der Waals surface area contributed by atoms with Gasteiger partial charge in [0.05, 0.1) is 22.0 Å². The van der Waals surface area contributed by atoms with Crippen LogP contribution in [0.1, 0.15) is 27.4 Å². The van der Waals surface area contributed by atoms with E-state index in [1.54, 1.807) is 24.1 Å². The maximum absolute atomic E-state index is 12.4. The van der Waals surface area contributed by atoms with E-state index in [0.717, 1.165) is 29.9 Å². The van der Waals surface area contributed by atoms with Gasteiger partial charge in [0, 0.05) is 31.8 Å². The molecule has 1 amide bonds. The van der Waals surface area contributed by atoms with Crippen LogP contribution in [0.3, 0.4) is 0 Å².